The van der Waals surface area contributed by atoms with Gasteiger partial charge in [0.05, 0.1) is 10.9 Å². The Balaban J connectivity index is 1.68. The zero-order valence-corrected chi connectivity index (χ0v) is 17.7. The van der Waals surface area contributed by atoms with Crippen LogP contribution >= 0.6 is 11.6 Å². The summed E-state index contributed by atoms with van der Waals surface area (Å²) in [5.41, 5.74) is -0.243. The minimum absolute atomic E-state index is 0.0767. The molecule has 2 fully saturated rings. The molecule has 2 aromatic heterocycles. The second-order valence-corrected chi connectivity index (χ2v) is 8.95. The number of ether oxygens (including phenoxy) is 1. The van der Waals surface area contributed by atoms with E-state index in [0.717, 1.165) is 25.9 Å². The molecule has 2 aliphatic heterocycles. The molecule has 158 valence electrons. The summed E-state index contributed by atoms with van der Waals surface area (Å²) < 4.78 is 34.6. The Morgan fingerprint density at radius 3 is 2.97 bits per heavy atom. The van der Waals surface area contributed by atoms with Crippen molar-refractivity contribution in [2.75, 3.05) is 38.2 Å². The fraction of sp³-hybridized carbons (Fsp3) is 0.650. The van der Waals surface area contributed by atoms with E-state index in [2.05, 4.69) is 33.7 Å². The number of rotatable bonds is 6. The van der Waals surface area contributed by atoms with Crippen LogP contribution in [-0.4, -0.2) is 64.9 Å². The topological polar surface area (TPSA) is 54.4 Å². The molecule has 9 heteroatoms. The van der Waals surface area contributed by atoms with E-state index in [-0.39, 0.29) is 28.8 Å². The quantitative estimate of drug-likeness (QED) is 0.655. The van der Waals surface area contributed by atoms with E-state index in [1.54, 1.807) is 0 Å². The average Bonchev–Trinajstić information content (AvgIpc) is 3.18. The molecule has 0 unspecified atom stereocenters. The Labute approximate surface area is 174 Å². The van der Waals surface area contributed by atoms with Crippen LogP contribution in [0.5, 0.6) is 6.01 Å². The van der Waals surface area contributed by atoms with Gasteiger partial charge in [0, 0.05) is 32.8 Å². The van der Waals surface area contributed by atoms with Crippen molar-refractivity contribution in [2.45, 2.75) is 44.8 Å². The van der Waals surface area contributed by atoms with Gasteiger partial charge in [-0.15, -0.1) is 0 Å². The molecule has 0 bridgehead atoms. The molecule has 2 atom stereocenters. The number of fused-ring (bicyclic) bond motifs is 2. The molecule has 0 spiro atoms. The first-order valence-corrected chi connectivity index (χ1v) is 10.4. The second kappa shape index (κ2) is 7.80. The van der Waals surface area contributed by atoms with Gasteiger partial charge in [0.25, 0.3) is 0 Å². The predicted molar refractivity (Wildman–Crippen MR) is 109 cm³/mol. The maximum atomic E-state index is 14.7. The Hall–Kier alpha value is -1.80. The number of nitrogens with zero attached hydrogens (tertiary/aromatic N) is 5. The fourth-order valence-electron chi connectivity index (χ4n) is 4.64. The first-order valence-electron chi connectivity index (χ1n) is 10.0. The first-order chi connectivity index (χ1) is 13.8. The van der Waals surface area contributed by atoms with E-state index in [1.165, 1.54) is 6.20 Å². The molecule has 0 radical (unpaired) electrons. The van der Waals surface area contributed by atoms with Crippen molar-refractivity contribution in [1.29, 1.82) is 0 Å². The molecule has 29 heavy (non-hydrogen) atoms. The van der Waals surface area contributed by atoms with Crippen LogP contribution in [0.1, 0.15) is 33.1 Å². The van der Waals surface area contributed by atoms with Crippen LogP contribution in [0.3, 0.4) is 0 Å². The largest absolute Gasteiger partial charge is 0.461 e. The van der Waals surface area contributed by atoms with Crippen LogP contribution in [-0.2, 0) is 0 Å². The lowest BCUT2D eigenvalue weighted by molar-refractivity contribution is 0.107. The van der Waals surface area contributed by atoms with E-state index in [0.29, 0.717) is 30.1 Å². The number of aromatic nitrogens is 3. The minimum atomic E-state index is -0.841. The van der Waals surface area contributed by atoms with Gasteiger partial charge in [-0.05, 0) is 25.3 Å². The number of hydrogen-bond donors (Lipinski definition) is 0. The third-order valence-corrected chi connectivity index (χ3v) is 6.10. The van der Waals surface area contributed by atoms with Gasteiger partial charge in [0.15, 0.2) is 11.0 Å². The van der Waals surface area contributed by atoms with E-state index in [4.69, 9.17) is 16.3 Å². The SMILES string of the molecule is CC(C)CN(C)c1nc(OC[C@@]23CCCN2C[C@H](F)C3)nc2c(F)c(Cl)ncc12. The molecule has 0 amide bonds. The minimum Gasteiger partial charge on any atom is -0.461 e. The van der Waals surface area contributed by atoms with Crippen LogP contribution in [0.25, 0.3) is 10.9 Å². The fourth-order valence-corrected chi connectivity index (χ4v) is 4.77. The summed E-state index contributed by atoms with van der Waals surface area (Å²) in [5, 5.41) is 0.240. The predicted octanol–water partition coefficient (Wildman–Crippen LogP) is 3.86. The number of anilines is 1. The summed E-state index contributed by atoms with van der Waals surface area (Å²) in [7, 11) is 1.89. The van der Waals surface area contributed by atoms with Gasteiger partial charge < -0.3 is 9.64 Å². The van der Waals surface area contributed by atoms with Crippen molar-refractivity contribution in [3.05, 3.63) is 17.2 Å². The van der Waals surface area contributed by atoms with Gasteiger partial charge in [0.2, 0.25) is 0 Å². The standard InChI is InChI=1S/C20H26ClF2N5O/c1-12(2)9-27(3)18-14-8-24-17(21)15(23)16(14)25-19(26-18)29-11-20-5-4-6-28(20)10-13(22)7-20/h8,12-13H,4-7,9-11H2,1-3H3/t13-,20+/m1/s1. The summed E-state index contributed by atoms with van der Waals surface area (Å²) in [6.45, 7) is 6.51. The zero-order chi connectivity index (χ0) is 20.8. The van der Waals surface area contributed by atoms with Crippen molar-refractivity contribution < 1.29 is 13.5 Å². The average molecular weight is 426 g/mol. The molecule has 4 rings (SSSR count). The monoisotopic (exact) mass is 425 g/mol. The maximum absolute atomic E-state index is 14.7. The second-order valence-electron chi connectivity index (χ2n) is 8.59. The molecule has 4 heterocycles. The summed E-state index contributed by atoms with van der Waals surface area (Å²) >= 11 is 5.88. The highest BCUT2D eigenvalue weighted by Gasteiger charge is 2.49. The molecule has 0 saturated carbocycles. The Morgan fingerprint density at radius 2 is 2.21 bits per heavy atom. The molecule has 0 N–H and O–H groups in total. The van der Waals surface area contributed by atoms with Crippen LogP contribution < -0.4 is 9.64 Å². The highest BCUT2D eigenvalue weighted by Crippen LogP contribution is 2.40. The van der Waals surface area contributed by atoms with Gasteiger partial charge in [-0.1, -0.05) is 25.4 Å². The summed E-state index contributed by atoms with van der Waals surface area (Å²) in [6, 6.07) is 0.0767. The highest BCUT2D eigenvalue weighted by molar-refractivity contribution is 6.30. The van der Waals surface area contributed by atoms with Crippen LogP contribution in [0, 0.1) is 11.7 Å². The van der Waals surface area contributed by atoms with Gasteiger partial charge in [0.1, 0.15) is 24.1 Å². The van der Waals surface area contributed by atoms with Gasteiger partial charge in [-0.25, -0.2) is 13.8 Å². The Bertz CT molecular complexity index is 914. The van der Waals surface area contributed by atoms with Crippen LogP contribution in [0.4, 0.5) is 14.6 Å². The summed E-state index contributed by atoms with van der Waals surface area (Å²) in [4.78, 5) is 16.8. The van der Waals surface area contributed by atoms with E-state index in [1.807, 2.05) is 11.9 Å². The van der Waals surface area contributed by atoms with Crippen molar-refractivity contribution in [3.63, 3.8) is 0 Å². The molecule has 2 aliphatic rings. The molecular weight excluding hydrogens is 400 g/mol. The van der Waals surface area contributed by atoms with Crippen molar-refractivity contribution >= 4 is 28.3 Å². The van der Waals surface area contributed by atoms with E-state index >= 15 is 0 Å². The lowest BCUT2D eigenvalue weighted by Gasteiger charge is -2.31. The van der Waals surface area contributed by atoms with Crippen molar-refractivity contribution in [2.24, 2.45) is 5.92 Å². The normalized spacial score (nSPS) is 24.4. The number of alkyl halides is 1. The van der Waals surface area contributed by atoms with Gasteiger partial charge in [-0.3, -0.25) is 4.90 Å². The molecule has 6 nitrogen and oxygen atoms in total. The first kappa shape index (κ1) is 20.5. The number of hydrogen-bond acceptors (Lipinski definition) is 6. The molecular formula is C20H26ClF2N5O. The highest BCUT2D eigenvalue weighted by atomic mass is 35.5. The molecule has 0 aliphatic carbocycles. The summed E-state index contributed by atoms with van der Waals surface area (Å²) in [5.74, 6) is 0.226. The maximum Gasteiger partial charge on any atom is 0.319 e. The van der Waals surface area contributed by atoms with Crippen molar-refractivity contribution in [1.82, 2.24) is 19.9 Å². The zero-order valence-electron chi connectivity index (χ0n) is 17.0. The van der Waals surface area contributed by atoms with Crippen LogP contribution in [0.15, 0.2) is 6.20 Å². The smallest absolute Gasteiger partial charge is 0.319 e. The summed E-state index contributed by atoms with van der Waals surface area (Å²) in [6.07, 6.45) is 2.99. The lowest BCUT2D eigenvalue weighted by atomic mass is 9.95. The van der Waals surface area contributed by atoms with Gasteiger partial charge >= 0.3 is 6.01 Å². The van der Waals surface area contributed by atoms with Crippen LogP contribution in [0.2, 0.25) is 5.15 Å². The van der Waals surface area contributed by atoms with E-state index in [9.17, 15) is 8.78 Å². The third kappa shape index (κ3) is 3.84. The number of pyridine rings is 1. The Morgan fingerprint density at radius 1 is 1.41 bits per heavy atom. The molecule has 0 aromatic carbocycles. The molecule has 2 aromatic rings. The van der Waals surface area contributed by atoms with Crippen molar-refractivity contribution in [3.8, 4) is 6.01 Å². The number of halogens is 3. The molecule has 2 saturated heterocycles. The lowest BCUT2D eigenvalue weighted by Crippen LogP contribution is -2.43. The third-order valence-electron chi connectivity index (χ3n) is 5.83. The van der Waals surface area contributed by atoms with Gasteiger partial charge in [-0.2, -0.15) is 9.97 Å². The Kier molecular flexibility index (Phi) is 5.50. The van der Waals surface area contributed by atoms with E-state index < -0.39 is 12.0 Å².